The van der Waals surface area contributed by atoms with Crippen molar-refractivity contribution in [1.29, 1.82) is 0 Å². The highest BCUT2D eigenvalue weighted by atomic mass is 32.2. The van der Waals surface area contributed by atoms with Crippen molar-refractivity contribution in [3.63, 3.8) is 0 Å². The molecule has 0 aromatic rings. The fourth-order valence-electron chi connectivity index (χ4n) is 0.621. The third-order valence-electron chi connectivity index (χ3n) is 1.17. The Labute approximate surface area is 89.2 Å². The minimum Gasteiger partial charge on any atom is -0.0993 e. The molecule has 0 N–H and O–H groups in total. The van der Waals surface area contributed by atoms with Crippen LogP contribution in [0.1, 0.15) is 6.92 Å². The molecule has 0 unspecified atom stereocenters. The summed E-state index contributed by atoms with van der Waals surface area (Å²) in [5.74, 6) is 0. The average molecular weight is 210 g/mol. The zero-order valence-corrected chi connectivity index (χ0v) is 9.46. The average Bonchev–Trinajstić information content (AvgIpc) is 2.12. The van der Waals surface area contributed by atoms with Gasteiger partial charge in [-0.05, 0) is 29.9 Å². The van der Waals surface area contributed by atoms with Gasteiger partial charge in [-0.2, -0.15) is 0 Å². The predicted molar refractivity (Wildman–Crippen MR) is 67.6 cm³/mol. The monoisotopic (exact) mass is 210 g/mol. The summed E-state index contributed by atoms with van der Waals surface area (Å²) in [6.07, 6.45) is 6.03. The third-order valence-corrected chi connectivity index (χ3v) is 2.59. The topological polar surface area (TPSA) is 0 Å². The Morgan fingerprint density at radius 2 is 1.69 bits per heavy atom. The number of allylic oxidation sites excluding steroid dienone is 3. The lowest BCUT2D eigenvalue weighted by molar-refractivity contribution is 1.70. The van der Waals surface area contributed by atoms with E-state index in [4.69, 9.17) is 0 Å². The second-order valence-electron chi connectivity index (χ2n) is 2.06. The summed E-state index contributed by atoms with van der Waals surface area (Å²) < 4.78 is 0. The minimum atomic E-state index is 0.985. The standard InChI is InChI=1S/C11H14S2/c1-5-11(13-7-3)9-8-10(4)12-6-2/h5-9H,2-4H2,1H3/b9-8+,11-5-. The number of hydrogen-bond acceptors (Lipinski definition) is 2. The smallest absolute Gasteiger partial charge is 0.00733 e. The molecule has 70 valence electrons. The molecular weight excluding hydrogens is 196 g/mol. The summed E-state index contributed by atoms with van der Waals surface area (Å²) >= 11 is 3.12. The van der Waals surface area contributed by atoms with Gasteiger partial charge in [-0.1, -0.05) is 49.3 Å². The lowest BCUT2D eigenvalue weighted by atomic mass is 10.4. The first kappa shape index (κ1) is 12.4. The van der Waals surface area contributed by atoms with Gasteiger partial charge in [0.2, 0.25) is 0 Å². The number of thioether (sulfide) groups is 2. The van der Waals surface area contributed by atoms with Crippen molar-refractivity contribution in [1.82, 2.24) is 0 Å². The molecule has 0 spiro atoms. The van der Waals surface area contributed by atoms with Gasteiger partial charge in [0.15, 0.2) is 0 Å². The second kappa shape index (κ2) is 8.02. The van der Waals surface area contributed by atoms with E-state index in [1.54, 1.807) is 17.2 Å². The first-order valence-corrected chi connectivity index (χ1v) is 5.59. The van der Waals surface area contributed by atoms with Crippen LogP contribution in [0.25, 0.3) is 0 Å². The summed E-state index contributed by atoms with van der Waals surface area (Å²) in [6.45, 7) is 13.1. The Hall–Kier alpha value is -0.600. The van der Waals surface area contributed by atoms with Crippen molar-refractivity contribution < 1.29 is 0 Å². The molecule has 13 heavy (non-hydrogen) atoms. The van der Waals surface area contributed by atoms with Gasteiger partial charge in [0, 0.05) is 9.81 Å². The highest BCUT2D eigenvalue weighted by molar-refractivity contribution is 8.06. The molecule has 0 nitrogen and oxygen atoms in total. The van der Waals surface area contributed by atoms with Crippen LogP contribution in [-0.4, -0.2) is 0 Å². The summed E-state index contributed by atoms with van der Waals surface area (Å²) in [6, 6.07) is 0. The van der Waals surface area contributed by atoms with Gasteiger partial charge in [0.05, 0.1) is 0 Å². The van der Waals surface area contributed by atoms with Crippen LogP contribution in [-0.2, 0) is 0 Å². The van der Waals surface area contributed by atoms with Gasteiger partial charge in [-0.15, -0.1) is 0 Å². The van der Waals surface area contributed by atoms with Crippen LogP contribution in [0.2, 0.25) is 0 Å². The molecule has 0 fully saturated rings. The van der Waals surface area contributed by atoms with Crippen LogP contribution in [0, 0.1) is 0 Å². The number of rotatable bonds is 6. The minimum absolute atomic E-state index is 0.985. The van der Waals surface area contributed by atoms with E-state index in [2.05, 4.69) is 19.7 Å². The van der Waals surface area contributed by atoms with E-state index < -0.39 is 0 Å². The Morgan fingerprint density at radius 1 is 1.08 bits per heavy atom. The van der Waals surface area contributed by atoms with Gasteiger partial charge < -0.3 is 0 Å². The molecule has 0 rings (SSSR count). The third kappa shape index (κ3) is 6.55. The Morgan fingerprint density at radius 3 is 2.15 bits per heavy atom. The Balaban J connectivity index is 4.14. The van der Waals surface area contributed by atoms with Crippen molar-refractivity contribution in [2.24, 2.45) is 0 Å². The van der Waals surface area contributed by atoms with E-state index in [1.165, 1.54) is 16.7 Å². The maximum absolute atomic E-state index is 3.85. The zero-order valence-electron chi connectivity index (χ0n) is 7.82. The Bertz CT molecular complexity index is 247. The van der Waals surface area contributed by atoms with E-state index in [0.29, 0.717) is 0 Å². The predicted octanol–water partition coefficient (Wildman–Crippen LogP) is 4.71. The molecule has 0 aromatic heterocycles. The van der Waals surface area contributed by atoms with Crippen molar-refractivity contribution in [2.75, 3.05) is 0 Å². The first-order chi connectivity index (χ1) is 6.24. The van der Waals surface area contributed by atoms with Crippen molar-refractivity contribution >= 4 is 23.5 Å². The van der Waals surface area contributed by atoms with Gasteiger partial charge in [0.25, 0.3) is 0 Å². The SMILES string of the molecule is C=CSC(=C)/C=C/C(=C/C)SC=C. The maximum atomic E-state index is 3.85. The van der Waals surface area contributed by atoms with Crippen LogP contribution < -0.4 is 0 Å². The molecule has 0 aliphatic carbocycles. The summed E-state index contributed by atoms with van der Waals surface area (Å²) in [5, 5.41) is 3.58. The van der Waals surface area contributed by atoms with Crippen LogP contribution in [0.3, 0.4) is 0 Å². The largest absolute Gasteiger partial charge is 0.0993 e. The van der Waals surface area contributed by atoms with E-state index in [-0.39, 0.29) is 0 Å². The quantitative estimate of drug-likeness (QED) is 0.582. The molecule has 0 radical (unpaired) electrons. The van der Waals surface area contributed by atoms with E-state index in [0.717, 1.165) is 4.91 Å². The summed E-state index contributed by atoms with van der Waals surface area (Å²) in [4.78, 5) is 2.15. The van der Waals surface area contributed by atoms with Gasteiger partial charge >= 0.3 is 0 Å². The lowest BCUT2D eigenvalue weighted by Gasteiger charge is -1.95. The van der Waals surface area contributed by atoms with E-state index >= 15 is 0 Å². The van der Waals surface area contributed by atoms with Crippen LogP contribution in [0.15, 0.2) is 58.6 Å². The molecule has 0 aliphatic rings. The van der Waals surface area contributed by atoms with E-state index in [1.807, 2.05) is 30.6 Å². The normalized spacial score (nSPS) is 11.6. The molecule has 0 saturated carbocycles. The molecule has 0 aromatic carbocycles. The molecule has 0 aliphatic heterocycles. The Kier molecular flexibility index (Phi) is 7.65. The van der Waals surface area contributed by atoms with Gasteiger partial charge in [0.1, 0.15) is 0 Å². The van der Waals surface area contributed by atoms with Gasteiger partial charge in [-0.25, -0.2) is 0 Å². The first-order valence-electron chi connectivity index (χ1n) is 3.83. The fraction of sp³-hybridized carbons (Fsp3) is 0.0909. The second-order valence-corrected chi connectivity index (χ2v) is 4.19. The van der Waals surface area contributed by atoms with Crippen molar-refractivity contribution in [2.45, 2.75) is 6.92 Å². The molecule has 0 heterocycles. The molecule has 0 bridgehead atoms. The van der Waals surface area contributed by atoms with Gasteiger partial charge in [-0.3, -0.25) is 0 Å². The van der Waals surface area contributed by atoms with E-state index in [9.17, 15) is 0 Å². The highest BCUT2D eigenvalue weighted by Gasteiger charge is 1.88. The van der Waals surface area contributed by atoms with Crippen LogP contribution in [0.4, 0.5) is 0 Å². The molecular formula is C11H14S2. The maximum Gasteiger partial charge on any atom is 0.00733 e. The number of hydrogen-bond donors (Lipinski definition) is 0. The molecule has 0 atom stereocenters. The van der Waals surface area contributed by atoms with Crippen LogP contribution in [0.5, 0.6) is 0 Å². The summed E-state index contributed by atoms with van der Waals surface area (Å²) in [7, 11) is 0. The summed E-state index contributed by atoms with van der Waals surface area (Å²) in [5.41, 5.74) is 0. The highest BCUT2D eigenvalue weighted by Crippen LogP contribution is 2.20. The van der Waals surface area contributed by atoms with Crippen LogP contribution >= 0.6 is 23.5 Å². The van der Waals surface area contributed by atoms with Crippen molar-refractivity contribution in [3.05, 3.63) is 58.6 Å². The lowest BCUT2D eigenvalue weighted by Crippen LogP contribution is -1.67. The zero-order chi connectivity index (χ0) is 10.1. The van der Waals surface area contributed by atoms with Crippen molar-refractivity contribution in [3.8, 4) is 0 Å². The molecule has 0 amide bonds. The molecule has 2 heteroatoms. The molecule has 0 saturated heterocycles. The fourth-order valence-corrected chi connectivity index (χ4v) is 1.46.